The third kappa shape index (κ3) is 3.96. The predicted octanol–water partition coefficient (Wildman–Crippen LogP) is 5.38. The lowest BCUT2D eigenvalue weighted by atomic mass is 9.92. The summed E-state index contributed by atoms with van der Waals surface area (Å²) in [6.07, 6.45) is 7.69. The zero-order valence-electron chi connectivity index (χ0n) is 12.9. The van der Waals surface area contributed by atoms with E-state index in [0.717, 1.165) is 12.8 Å². The molecule has 0 atom stereocenters. The molecule has 0 heteroatoms. The van der Waals surface area contributed by atoms with Crippen molar-refractivity contribution in [3.63, 3.8) is 0 Å². The standard InChI is InChI=1S/C10H12.C10H14/c1-2-6-10-8-4-3-7-9(10)5-1;1-3-9-7-5-6-8-10(9)4-2/h1-2,5-6H,3-4,7-8H2;5-8H,3-4H2,1-2H3. The molecule has 0 unspecified atom stereocenters. The van der Waals surface area contributed by atoms with E-state index in [1.165, 1.54) is 36.8 Å². The molecular formula is C20H26. The molecule has 0 spiro atoms. The van der Waals surface area contributed by atoms with E-state index < -0.39 is 0 Å². The first-order valence-electron chi connectivity index (χ1n) is 7.98. The molecule has 0 saturated heterocycles. The fourth-order valence-corrected chi connectivity index (χ4v) is 2.92. The Morgan fingerprint density at radius 3 is 1.45 bits per heavy atom. The first kappa shape index (κ1) is 14.8. The van der Waals surface area contributed by atoms with Crippen molar-refractivity contribution in [2.24, 2.45) is 0 Å². The monoisotopic (exact) mass is 266 g/mol. The van der Waals surface area contributed by atoms with Gasteiger partial charge in [-0.1, -0.05) is 62.4 Å². The van der Waals surface area contributed by atoms with Crippen LogP contribution in [-0.2, 0) is 25.7 Å². The van der Waals surface area contributed by atoms with Crippen molar-refractivity contribution in [2.75, 3.05) is 0 Å². The molecule has 0 N–H and O–H groups in total. The highest BCUT2D eigenvalue weighted by atomic mass is 14.1. The van der Waals surface area contributed by atoms with E-state index >= 15 is 0 Å². The smallest absolute Gasteiger partial charge is 0.0276 e. The topological polar surface area (TPSA) is 0 Å². The number of benzene rings is 2. The van der Waals surface area contributed by atoms with Crippen LogP contribution in [0.4, 0.5) is 0 Å². The molecule has 0 fully saturated rings. The SMILES string of the molecule is CCc1ccccc1CC.c1ccc2c(c1)CCCC2. The van der Waals surface area contributed by atoms with Gasteiger partial charge in [0.1, 0.15) is 0 Å². The van der Waals surface area contributed by atoms with Crippen LogP contribution in [-0.4, -0.2) is 0 Å². The second-order valence-electron chi connectivity index (χ2n) is 5.45. The molecule has 0 nitrogen and oxygen atoms in total. The minimum atomic E-state index is 1.16. The average molecular weight is 266 g/mol. The molecule has 1 aliphatic rings. The molecule has 0 amide bonds. The molecule has 2 aromatic carbocycles. The minimum Gasteiger partial charge on any atom is -0.0620 e. The molecular weight excluding hydrogens is 240 g/mol. The van der Waals surface area contributed by atoms with Crippen molar-refractivity contribution in [1.82, 2.24) is 0 Å². The molecule has 3 rings (SSSR count). The summed E-state index contributed by atoms with van der Waals surface area (Å²) < 4.78 is 0. The Bertz CT molecular complexity index is 446. The number of fused-ring (bicyclic) bond motifs is 1. The first-order chi connectivity index (χ1) is 9.85. The first-order valence-corrected chi connectivity index (χ1v) is 7.98. The fraction of sp³-hybridized carbons (Fsp3) is 0.400. The van der Waals surface area contributed by atoms with Crippen LogP contribution in [0.15, 0.2) is 48.5 Å². The van der Waals surface area contributed by atoms with Crippen molar-refractivity contribution in [1.29, 1.82) is 0 Å². The Morgan fingerprint density at radius 1 is 0.650 bits per heavy atom. The lowest BCUT2D eigenvalue weighted by molar-refractivity contribution is 0.685. The summed E-state index contributed by atoms with van der Waals surface area (Å²) >= 11 is 0. The molecule has 0 radical (unpaired) electrons. The molecule has 0 aliphatic heterocycles. The van der Waals surface area contributed by atoms with Gasteiger partial charge in [0.2, 0.25) is 0 Å². The van der Waals surface area contributed by atoms with Crippen LogP contribution in [0.25, 0.3) is 0 Å². The second kappa shape index (κ2) is 7.89. The molecule has 0 saturated carbocycles. The van der Waals surface area contributed by atoms with Gasteiger partial charge in [0.25, 0.3) is 0 Å². The Labute approximate surface area is 123 Å². The van der Waals surface area contributed by atoms with Crippen LogP contribution in [0.3, 0.4) is 0 Å². The summed E-state index contributed by atoms with van der Waals surface area (Å²) in [5, 5.41) is 0. The summed E-state index contributed by atoms with van der Waals surface area (Å²) in [5.74, 6) is 0. The summed E-state index contributed by atoms with van der Waals surface area (Å²) in [5.41, 5.74) is 6.14. The van der Waals surface area contributed by atoms with Crippen molar-refractivity contribution >= 4 is 0 Å². The molecule has 2 aromatic rings. The second-order valence-corrected chi connectivity index (χ2v) is 5.45. The summed E-state index contributed by atoms with van der Waals surface area (Å²) in [4.78, 5) is 0. The van der Waals surface area contributed by atoms with Crippen LogP contribution >= 0.6 is 0 Å². The fourth-order valence-electron chi connectivity index (χ4n) is 2.92. The Kier molecular flexibility index (Phi) is 5.86. The summed E-state index contributed by atoms with van der Waals surface area (Å²) in [7, 11) is 0. The summed E-state index contributed by atoms with van der Waals surface area (Å²) in [6, 6.07) is 17.4. The normalized spacial score (nSPS) is 13.1. The number of aryl methyl sites for hydroxylation is 4. The van der Waals surface area contributed by atoms with Gasteiger partial charge in [-0.25, -0.2) is 0 Å². The summed E-state index contributed by atoms with van der Waals surface area (Å²) in [6.45, 7) is 4.41. The van der Waals surface area contributed by atoms with Crippen molar-refractivity contribution in [3.05, 3.63) is 70.8 Å². The highest BCUT2D eigenvalue weighted by Gasteiger charge is 2.05. The maximum Gasteiger partial charge on any atom is -0.0276 e. The van der Waals surface area contributed by atoms with Crippen molar-refractivity contribution < 1.29 is 0 Å². The van der Waals surface area contributed by atoms with Gasteiger partial charge >= 0.3 is 0 Å². The van der Waals surface area contributed by atoms with Gasteiger partial charge in [0.05, 0.1) is 0 Å². The van der Waals surface area contributed by atoms with E-state index in [-0.39, 0.29) is 0 Å². The van der Waals surface area contributed by atoms with Crippen LogP contribution in [0.2, 0.25) is 0 Å². The van der Waals surface area contributed by atoms with E-state index in [9.17, 15) is 0 Å². The Hall–Kier alpha value is -1.56. The molecule has 20 heavy (non-hydrogen) atoms. The van der Waals surface area contributed by atoms with Crippen LogP contribution in [0.5, 0.6) is 0 Å². The van der Waals surface area contributed by atoms with Gasteiger partial charge in [0, 0.05) is 0 Å². The van der Waals surface area contributed by atoms with Gasteiger partial charge in [-0.2, -0.15) is 0 Å². The van der Waals surface area contributed by atoms with Crippen LogP contribution in [0, 0.1) is 0 Å². The van der Waals surface area contributed by atoms with Gasteiger partial charge in [-0.3, -0.25) is 0 Å². The maximum atomic E-state index is 2.26. The average Bonchev–Trinajstić information content (AvgIpc) is 2.55. The lowest BCUT2D eigenvalue weighted by Gasteiger charge is -2.13. The van der Waals surface area contributed by atoms with Crippen molar-refractivity contribution in [3.8, 4) is 0 Å². The Balaban J connectivity index is 0.000000147. The molecule has 106 valence electrons. The zero-order valence-corrected chi connectivity index (χ0v) is 12.9. The third-order valence-electron chi connectivity index (χ3n) is 4.14. The van der Waals surface area contributed by atoms with E-state index in [1.807, 2.05) is 0 Å². The Morgan fingerprint density at radius 2 is 1.05 bits per heavy atom. The van der Waals surface area contributed by atoms with Crippen LogP contribution < -0.4 is 0 Å². The predicted molar refractivity (Wildman–Crippen MR) is 88.3 cm³/mol. The van der Waals surface area contributed by atoms with Crippen molar-refractivity contribution in [2.45, 2.75) is 52.4 Å². The molecule has 0 heterocycles. The molecule has 0 bridgehead atoms. The minimum absolute atomic E-state index is 1.16. The number of rotatable bonds is 2. The largest absolute Gasteiger partial charge is 0.0620 e. The van der Waals surface area contributed by atoms with E-state index in [4.69, 9.17) is 0 Å². The third-order valence-corrected chi connectivity index (χ3v) is 4.14. The van der Waals surface area contributed by atoms with E-state index in [2.05, 4.69) is 62.4 Å². The number of hydrogen-bond donors (Lipinski definition) is 0. The highest BCUT2D eigenvalue weighted by molar-refractivity contribution is 5.28. The number of hydrogen-bond acceptors (Lipinski definition) is 0. The quantitative estimate of drug-likeness (QED) is 0.685. The van der Waals surface area contributed by atoms with Gasteiger partial charge in [-0.15, -0.1) is 0 Å². The van der Waals surface area contributed by atoms with Gasteiger partial charge in [0.15, 0.2) is 0 Å². The van der Waals surface area contributed by atoms with E-state index in [0.29, 0.717) is 0 Å². The van der Waals surface area contributed by atoms with Gasteiger partial charge < -0.3 is 0 Å². The zero-order chi connectivity index (χ0) is 14.2. The highest BCUT2D eigenvalue weighted by Crippen LogP contribution is 2.19. The maximum absolute atomic E-state index is 2.26. The lowest BCUT2D eigenvalue weighted by Crippen LogP contribution is -2.00. The van der Waals surface area contributed by atoms with Crippen LogP contribution in [0.1, 0.15) is 48.9 Å². The van der Waals surface area contributed by atoms with E-state index in [1.54, 1.807) is 11.1 Å². The molecule has 0 aromatic heterocycles. The molecule has 1 aliphatic carbocycles. The van der Waals surface area contributed by atoms with Gasteiger partial charge in [-0.05, 0) is 60.8 Å².